The predicted octanol–water partition coefficient (Wildman–Crippen LogP) is 4.09. The van der Waals surface area contributed by atoms with Crippen LogP contribution in [0.5, 0.6) is 17.2 Å². The second-order valence-corrected chi connectivity index (χ2v) is 6.48. The summed E-state index contributed by atoms with van der Waals surface area (Å²) in [5.74, 6) is 2.76. The standard InChI is InChI=1S/C23H21N3O3/c27-23(24-15-14-22-25-20-8-4-5-9-21(20)26-22)16-28-17-10-12-19(13-11-17)29-18-6-2-1-3-7-18/h1-13H,14-16H2,(H,24,27)(H,25,26). The Labute approximate surface area is 168 Å². The van der Waals surface area contributed by atoms with Gasteiger partial charge in [-0.15, -0.1) is 0 Å². The van der Waals surface area contributed by atoms with E-state index in [0.717, 1.165) is 22.6 Å². The summed E-state index contributed by atoms with van der Waals surface area (Å²) in [6.45, 7) is 0.449. The Morgan fingerprint density at radius 1 is 0.862 bits per heavy atom. The molecule has 0 spiro atoms. The smallest absolute Gasteiger partial charge is 0.257 e. The van der Waals surface area contributed by atoms with Crippen molar-refractivity contribution in [2.45, 2.75) is 6.42 Å². The van der Waals surface area contributed by atoms with Crippen molar-refractivity contribution in [2.75, 3.05) is 13.2 Å². The molecule has 0 atom stereocenters. The van der Waals surface area contributed by atoms with Crippen molar-refractivity contribution in [1.82, 2.24) is 15.3 Å². The fourth-order valence-electron chi connectivity index (χ4n) is 2.87. The number of fused-ring (bicyclic) bond motifs is 1. The molecule has 2 N–H and O–H groups in total. The number of rotatable bonds is 8. The van der Waals surface area contributed by atoms with Crippen LogP contribution in [0.2, 0.25) is 0 Å². The number of imidazole rings is 1. The van der Waals surface area contributed by atoms with Crippen LogP contribution in [0.3, 0.4) is 0 Å². The molecule has 0 radical (unpaired) electrons. The van der Waals surface area contributed by atoms with Gasteiger partial charge < -0.3 is 19.8 Å². The number of hydrogen-bond acceptors (Lipinski definition) is 4. The zero-order chi connectivity index (χ0) is 19.9. The first-order chi connectivity index (χ1) is 14.3. The predicted molar refractivity (Wildman–Crippen MR) is 111 cm³/mol. The van der Waals surface area contributed by atoms with Gasteiger partial charge in [-0.2, -0.15) is 0 Å². The molecular formula is C23H21N3O3. The van der Waals surface area contributed by atoms with E-state index in [4.69, 9.17) is 9.47 Å². The Bertz CT molecular complexity index is 1040. The lowest BCUT2D eigenvalue weighted by Crippen LogP contribution is -2.30. The highest BCUT2D eigenvalue weighted by Gasteiger charge is 2.05. The van der Waals surface area contributed by atoms with Gasteiger partial charge in [0.05, 0.1) is 11.0 Å². The number of H-pyrrole nitrogens is 1. The fourth-order valence-corrected chi connectivity index (χ4v) is 2.87. The third-order valence-electron chi connectivity index (χ3n) is 4.29. The van der Waals surface area contributed by atoms with Crippen molar-refractivity contribution in [1.29, 1.82) is 0 Å². The van der Waals surface area contributed by atoms with E-state index in [2.05, 4.69) is 15.3 Å². The summed E-state index contributed by atoms with van der Waals surface area (Å²) in [4.78, 5) is 19.7. The van der Waals surface area contributed by atoms with Gasteiger partial charge in [0.2, 0.25) is 0 Å². The lowest BCUT2D eigenvalue weighted by Gasteiger charge is -2.09. The number of nitrogens with one attached hydrogen (secondary N) is 2. The maximum atomic E-state index is 12.0. The van der Waals surface area contributed by atoms with Crippen molar-refractivity contribution in [3.05, 3.63) is 84.7 Å². The summed E-state index contributed by atoms with van der Waals surface area (Å²) in [5, 5.41) is 2.84. The van der Waals surface area contributed by atoms with Crippen molar-refractivity contribution < 1.29 is 14.3 Å². The lowest BCUT2D eigenvalue weighted by molar-refractivity contribution is -0.123. The van der Waals surface area contributed by atoms with Gasteiger partial charge in [-0.25, -0.2) is 4.98 Å². The monoisotopic (exact) mass is 387 g/mol. The number of para-hydroxylation sites is 3. The number of amides is 1. The molecule has 6 nitrogen and oxygen atoms in total. The number of nitrogens with zero attached hydrogens (tertiary/aromatic N) is 1. The Morgan fingerprint density at radius 3 is 2.34 bits per heavy atom. The molecule has 1 aromatic heterocycles. The molecule has 0 fully saturated rings. The second kappa shape index (κ2) is 8.93. The molecule has 0 aliphatic rings. The Balaban J connectivity index is 1.20. The van der Waals surface area contributed by atoms with Crippen LogP contribution in [0.25, 0.3) is 11.0 Å². The van der Waals surface area contributed by atoms with E-state index in [0.29, 0.717) is 24.5 Å². The van der Waals surface area contributed by atoms with Crippen LogP contribution in [0.1, 0.15) is 5.82 Å². The van der Waals surface area contributed by atoms with Crippen molar-refractivity contribution >= 4 is 16.9 Å². The Hall–Kier alpha value is -3.80. The summed E-state index contributed by atoms with van der Waals surface area (Å²) in [7, 11) is 0. The number of ether oxygens (including phenoxy) is 2. The molecule has 0 unspecified atom stereocenters. The first-order valence-corrected chi connectivity index (χ1v) is 9.42. The normalized spacial score (nSPS) is 10.6. The maximum Gasteiger partial charge on any atom is 0.257 e. The molecule has 4 rings (SSSR count). The minimum atomic E-state index is -0.175. The Morgan fingerprint density at radius 2 is 1.55 bits per heavy atom. The minimum Gasteiger partial charge on any atom is -0.484 e. The average molecular weight is 387 g/mol. The third-order valence-corrected chi connectivity index (χ3v) is 4.29. The molecular weight excluding hydrogens is 366 g/mol. The van der Waals surface area contributed by atoms with Gasteiger partial charge in [-0.05, 0) is 48.5 Å². The fraction of sp³-hybridized carbons (Fsp3) is 0.130. The molecule has 146 valence electrons. The molecule has 3 aromatic carbocycles. The maximum absolute atomic E-state index is 12.0. The lowest BCUT2D eigenvalue weighted by atomic mass is 10.3. The number of aromatic nitrogens is 2. The average Bonchev–Trinajstić information content (AvgIpc) is 3.17. The van der Waals surface area contributed by atoms with E-state index in [1.807, 2.05) is 66.7 Å². The van der Waals surface area contributed by atoms with Gasteiger partial charge in [-0.3, -0.25) is 4.79 Å². The summed E-state index contributed by atoms with van der Waals surface area (Å²) in [5.41, 5.74) is 1.92. The van der Waals surface area contributed by atoms with Gasteiger partial charge in [0.1, 0.15) is 23.1 Å². The van der Waals surface area contributed by atoms with E-state index in [1.54, 1.807) is 12.1 Å². The largest absolute Gasteiger partial charge is 0.484 e. The van der Waals surface area contributed by atoms with E-state index in [-0.39, 0.29) is 12.5 Å². The van der Waals surface area contributed by atoms with Crippen LogP contribution >= 0.6 is 0 Å². The molecule has 0 saturated carbocycles. The van der Waals surface area contributed by atoms with Crippen LogP contribution in [-0.2, 0) is 11.2 Å². The van der Waals surface area contributed by atoms with Gasteiger partial charge >= 0.3 is 0 Å². The number of hydrogen-bond donors (Lipinski definition) is 2. The molecule has 4 aromatic rings. The molecule has 29 heavy (non-hydrogen) atoms. The highest BCUT2D eigenvalue weighted by molar-refractivity contribution is 5.77. The van der Waals surface area contributed by atoms with Crippen LogP contribution in [0.15, 0.2) is 78.9 Å². The van der Waals surface area contributed by atoms with Gasteiger partial charge in [0, 0.05) is 13.0 Å². The number of aromatic amines is 1. The van der Waals surface area contributed by atoms with Crippen molar-refractivity contribution in [2.24, 2.45) is 0 Å². The Kier molecular flexibility index (Phi) is 5.71. The first-order valence-electron chi connectivity index (χ1n) is 9.42. The molecule has 0 aliphatic heterocycles. The molecule has 0 bridgehead atoms. The molecule has 1 heterocycles. The van der Waals surface area contributed by atoms with Crippen LogP contribution < -0.4 is 14.8 Å². The van der Waals surface area contributed by atoms with Crippen molar-refractivity contribution in [3.63, 3.8) is 0 Å². The number of carbonyl (C=O) groups excluding carboxylic acids is 1. The minimum absolute atomic E-state index is 0.0426. The van der Waals surface area contributed by atoms with Crippen molar-refractivity contribution in [3.8, 4) is 17.2 Å². The van der Waals surface area contributed by atoms with Crippen LogP contribution in [0.4, 0.5) is 0 Å². The zero-order valence-electron chi connectivity index (χ0n) is 15.8. The first kappa shape index (κ1) is 18.6. The van der Waals surface area contributed by atoms with E-state index < -0.39 is 0 Å². The summed E-state index contributed by atoms with van der Waals surface area (Å²) in [6, 6.07) is 24.6. The second-order valence-electron chi connectivity index (χ2n) is 6.48. The zero-order valence-corrected chi connectivity index (χ0v) is 15.8. The van der Waals surface area contributed by atoms with E-state index in [9.17, 15) is 4.79 Å². The molecule has 6 heteroatoms. The van der Waals surface area contributed by atoms with Gasteiger partial charge in [0.15, 0.2) is 6.61 Å². The van der Waals surface area contributed by atoms with Crippen LogP contribution in [0, 0.1) is 0 Å². The van der Waals surface area contributed by atoms with E-state index >= 15 is 0 Å². The quantitative estimate of drug-likeness (QED) is 0.477. The summed E-state index contributed by atoms with van der Waals surface area (Å²) in [6.07, 6.45) is 0.631. The molecule has 1 amide bonds. The number of benzene rings is 3. The summed E-state index contributed by atoms with van der Waals surface area (Å²) < 4.78 is 11.3. The summed E-state index contributed by atoms with van der Waals surface area (Å²) >= 11 is 0. The van der Waals surface area contributed by atoms with Gasteiger partial charge in [0.25, 0.3) is 5.91 Å². The molecule has 0 aliphatic carbocycles. The third kappa shape index (κ3) is 5.13. The van der Waals surface area contributed by atoms with E-state index in [1.165, 1.54) is 0 Å². The van der Waals surface area contributed by atoms with Crippen LogP contribution in [-0.4, -0.2) is 29.0 Å². The topological polar surface area (TPSA) is 76.2 Å². The molecule has 0 saturated heterocycles. The highest BCUT2D eigenvalue weighted by atomic mass is 16.5. The van der Waals surface area contributed by atoms with Gasteiger partial charge in [-0.1, -0.05) is 30.3 Å². The highest BCUT2D eigenvalue weighted by Crippen LogP contribution is 2.23. The number of carbonyl (C=O) groups is 1. The SMILES string of the molecule is O=C(COc1ccc(Oc2ccccc2)cc1)NCCc1nc2ccccc2[nH]1.